The van der Waals surface area contributed by atoms with Gasteiger partial charge in [-0.25, -0.2) is 0 Å². The van der Waals surface area contributed by atoms with Crippen LogP contribution in [0.5, 0.6) is 0 Å². The van der Waals surface area contributed by atoms with Gasteiger partial charge in [0.25, 0.3) is 10.0 Å². The highest BCUT2D eigenvalue weighted by molar-refractivity contribution is 7.90. The molecule has 0 spiro atoms. The van der Waals surface area contributed by atoms with Gasteiger partial charge in [0.05, 0.1) is 15.1 Å². The van der Waals surface area contributed by atoms with Gasteiger partial charge in [-0.05, 0) is 55.3 Å². The first kappa shape index (κ1) is 16.2. The third kappa shape index (κ3) is 3.06. The lowest BCUT2D eigenvalue weighted by Gasteiger charge is -2.00. The van der Waals surface area contributed by atoms with E-state index in [9.17, 15) is 8.42 Å². The van der Waals surface area contributed by atoms with Crippen LogP contribution in [0.1, 0.15) is 11.1 Å². The number of benzene rings is 2. The number of thiazole rings is 1. The maximum absolute atomic E-state index is 12.5. The van der Waals surface area contributed by atoms with Crippen LogP contribution in [0.2, 0.25) is 5.02 Å². The molecule has 0 aliphatic carbocycles. The number of aromatic nitrogens is 1. The van der Waals surface area contributed by atoms with Crippen molar-refractivity contribution < 1.29 is 8.42 Å². The van der Waals surface area contributed by atoms with Crippen molar-refractivity contribution in [3.63, 3.8) is 0 Å². The van der Waals surface area contributed by atoms with E-state index in [0.29, 0.717) is 9.82 Å². The molecule has 4 nitrogen and oxygen atoms in total. The van der Waals surface area contributed by atoms with E-state index in [-0.39, 0.29) is 4.90 Å². The largest absolute Gasteiger partial charge is 0.319 e. The van der Waals surface area contributed by atoms with Gasteiger partial charge in [0.2, 0.25) is 4.80 Å². The zero-order valence-electron chi connectivity index (χ0n) is 12.9. The van der Waals surface area contributed by atoms with Crippen molar-refractivity contribution >= 4 is 43.2 Å². The fourth-order valence-corrected chi connectivity index (χ4v) is 4.84. The van der Waals surface area contributed by atoms with Crippen LogP contribution < -0.4 is 4.80 Å². The van der Waals surface area contributed by atoms with Crippen molar-refractivity contribution in [2.45, 2.75) is 18.7 Å². The van der Waals surface area contributed by atoms with Crippen LogP contribution in [0.4, 0.5) is 0 Å². The van der Waals surface area contributed by atoms with E-state index in [0.717, 1.165) is 21.3 Å². The highest BCUT2D eigenvalue weighted by Gasteiger charge is 2.14. The topological polar surface area (TPSA) is 51.4 Å². The van der Waals surface area contributed by atoms with Crippen LogP contribution in [-0.2, 0) is 17.1 Å². The minimum absolute atomic E-state index is 0.132. The molecule has 1 heterocycles. The average Bonchev–Trinajstić information content (AvgIpc) is 2.77. The van der Waals surface area contributed by atoms with Crippen LogP contribution in [0.15, 0.2) is 45.7 Å². The highest BCUT2D eigenvalue weighted by atomic mass is 35.5. The Labute approximate surface area is 143 Å². The number of sulfonamides is 1. The molecule has 0 saturated heterocycles. The van der Waals surface area contributed by atoms with Crippen LogP contribution >= 0.6 is 22.9 Å². The third-order valence-corrected chi connectivity index (χ3v) is 6.48. The van der Waals surface area contributed by atoms with E-state index in [4.69, 9.17) is 11.6 Å². The van der Waals surface area contributed by atoms with Crippen molar-refractivity contribution in [2.24, 2.45) is 11.4 Å². The molecule has 2 aromatic carbocycles. The molecule has 0 N–H and O–H groups in total. The van der Waals surface area contributed by atoms with Crippen molar-refractivity contribution in [3.05, 3.63) is 57.3 Å². The standard InChI is InChI=1S/C16H15ClN2O2S2/c1-10-8-11(2)15-14(9-10)19(3)16(22-15)18-23(20,21)13-6-4-12(17)5-7-13/h4-9H,1-3H3. The number of fused-ring (bicyclic) bond motifs is 1. The molecule has 0 bridgehead atoms. The van der Waals surface area contributed by atoms with Gasteiger partial charge >= 0.3 is 0 Å². The van der Waals surface area contributed by atoms with Gasteiger partial charge in [0.15, 0.2) is 0 Å². The summed E-state index contributed by atoms with van der Waals surface area (Å²) in [5.41, 5.74) is 3.24. The lowest BCUT2D eigenvalue weighted by atomic mass is 10.1. The van der Waals surface area contributed by atoms with Crippen molar-refractivity contribution in [2.75, 3.05) is 0 Å². The Morgan fingerprint density at radius 2 is 1.78 bits per heavy atom. The van der Waals surface area contributed by atoms with Crippen LogP contribution in [0.25, 0.3) is 10.2 Å². The Morgan fingerprint density at radius 3 is 2.43 bits per heavy atom. The fraction of sp³-hybridized carbons (Fsp3) is 0.188. The monoisotopic (exact) mass is 366 g/mol. The Kier molecular flexibility index (Phi) is 4.08. The van der Waals surface area contributed by atoms with Gasteiger partial charge in [0.1, 0.15) is 0 Å². The van der Waals surface area contributed by atoms with Gasteiger partial charge in [0, 0.05) is 12.1 Å². The molecule has 0 radical (unpaired) electrons. The Morgan fingerprint density at radius 1 is 1.13 bits per heavy atom. The van der Waals surface area contributed by atoms with Crippen LogP contribution in [-0.4, -0.2) is 13.0 Å². The number of hydrogen-bond donors (Lipinski definition) is 0. The molecule has 0 fully saturated rings. The number of hydrogen-bond acceptors (Lipinski definition) is 3. The molecule has 3 rings (SSSR count). The maximum atomic E-state index is 12.5. The Hall–Kier alpha value is -1.63. The van der Waals surface area contributed by atoms with Crippen molar-refractivity contribution in [1.82, 2.24) is 4.57 Å². The second-order valence-corrected chi connectivity index (χ2v) is 8.41. The summed E-state index contributed by atoms with van der Waals surface area (Å²) in [5, 5.41) is 0.488. The summed E-state index contributed by atoms with van der Waals surface area (Å²) < 4.78 is 31.8. The van der Waals surface area contributed by atoms with E-state index in [1.54, 1.807) is 12.1 Å². The molecule has 0 aliphatic rings. The zero-order chi connectivity index (χ0) is 16.8. The van der Waals surface area contributed by atoms with Crippen molar-refractivity contribution in [1.29, 1.82) is 0 Å². The molecule has 0 aliphatic heterocycles. The predicted molar refractivity (Wildman–Crippen MR) is 94.5 cm³/mol. The zero-order valence-corrected chi connectivity index (χ0v) is 15.3. The quantitative estimate of drug-likeness (QED) is 0.692. The lowest BCUT2D eigenvalue weighted by Crippen LogP contribution is -2.13. The fourth-order valence-electron chi connectivity index (χ4n) is 2.42. The molecule has 1 aromatic heterocycles. The minimum Gasteiger partial charge on any atom is -0.319 e. The first-order valence-corrected chi connectivity index (χ1v) is 9.55. The molecule has 3 aromatic rings. The molecule has 23 heavy (non-hydrogen) atoms. The SMILES string of the molecule is Cc1cc(C)c2sc(=NS(=O)(=O)c3ccc(Cl)cc3)n(C)c2c1. The number of aryl methyl sites for hydroxylation is 3. The molecule has 7 heteroatoms. The summed E-state index contributed by atoms with van der Waals surface area (Å²) in [6.07, 6.45) is 0. The van der Waals surface area contributed by atoms with Gasteiger partial charge in [-0.2, -0.15) is 8.42 Å². The second kappa shape index (κ2) is 5.78. The number of nitrogens with zero attached hydrogens (tertiary/aromatic N) is 2. The highest BCUT2D eigenvalue weighted by Crippen LogP contribution is 2.23. The Balaban J connectivity index is 2.23. The number of halogens is 1. The summed E-state index contributed by atoms with van der Waals surface area (Å²) >= 11 is 7.18. The lowest BCUT2D eigenvalue weighted by molar-refractivity contribution is 0.596. The summed E-state index contributed by atoms with van der Waals surface area (Å²) in [5.74, 6) is 0. The molecular formula is C16H15ClN2O2S2. The average molecular weight is 367 g/mol. The van der Waals surface area contributed by atoms with Gasteiger partial charge in [-0.1, -0.05) is 29.0 Å². The normalized spacial score (nSPS) is 13.0. The first-order valence-electron chi connectivity index (χ1n) is 6.91. The molecule has 0 amide bonds. The first-order chi connectivity index (χ1) is 10.8. The summed E-state index contributed by atoms with van der Waals surface area (Å²) in [6, 6.07) is 10.1. The smallest absolute Gasteiger partial charge is 0.285 e. The molecule has 0 saturated carbocycles. The van der Waals surface area contributed by atoms with E-state index in [1.165, 1.54) is 23.5 Å². The second-order valence-electron chi connectivity index (χ2n) is 5.39. The number of rotatable bonds is 2. The molecule has 0 atom stereocenters. The van der Waals surface area contributed by atoms with E-state index < -0.39 is 10.0 Å². The van der Waals surface area contributed by atoms with Crippen molar-refractivity contribution in [3.8, 4) is 0 Å². The van der Waals surface area contributed by atoms with E-state index in [2.05, 4.69) is 10.5 Å². The van der Waals surface area contributed by atoms with Crippen LogP contribution in [0.3, 0.4) is 0 Å². The summed E-state index contributed by atoms with van der Waals surface area (Å²) in [4.78, 5) is 0.580. The van der Waals surface area contributed by atoms with Gasteiger partial charge < -0.3 is 4.57 Å². The van der Waals surface area contributed by atoms with E-state index >= 15 is 0 Å². The van der Waals surface area contributed by atoms with Gasteiger partial charge in [-0.3, -0.25) is 0 Å². The predicted octanol–water partition coefficient (Wildman–Crippen LogP) is 3.80. The van der Waals surface area contributed by atoms with Gasteiger partial charge in [-0.15, -0.1) is 4.40 Å². The summed E-state index contributed by atoms with van der Waals surface area (Å²) in [6.45, 7) is 4.04. The summed E-state index contributed by atoms with van der Waals surface area (Å²) in [7, 11) is -1.94. The molecule has 120 valence electrons. The third-order valence-electron chi connectivity index (χ3n) is 3.55. The Bertz CT molecular complexity index is 1060. The molecule has 0 unspecified atom stereocenters. The maximum Gasteiger partial charge on any atom is 0.285 e. The van der Waals surface area contributed by atoms with Crippen LogP contribution in [0, 0.1) is 13.8 Å². The van der Waals surface area contributed by atoms with E-state index in [1.807, 2.05) is 31.5 Å². The minimum atomic E-state index is -3.77. The molecular weight excluding hydrogens is 352 g/mol.